The van der Waals surface area contributed by atoms with Crippen molar-refractivity contribution in [2.45, 2.75) is 46.1 Å². The zero-order valence-corrected chi connectivity index (χ0v) is 20.9. The Kier molecular flexibility index (Phi) is 6.28. The summed E-state index contributed by atoms with van der Waals surface area (Å²) in [6.45, 7) is 14.6. The molecule has 0 unspecified atom stereocenters. The van der Waals surface area contributed by atoms with Gasteiger partial charge in [-0.05, 0) is 82.6 Å². The van der Waals surface area contributed by atoms with Gasteiger partial charge in [-0.25, -0.2) is 9.24 Å². The molecule has 4 rings (SSSR count). The molecule has 2 aromatic carbocycles. The molecule has 1 aliphatic heterocycles. The summed E-state index contributed by atoms with van der Waals surface area (Å²) in [5.41, 5.74) is 0.411. The second-order valence-corrected chi connectivity index (χ2v) is 9.67. The molecule has 1 aliphatic carbocycles. The molecular formula is C26H26FN3O4S. The van der Waals surface area contributed by atoms with Gasteiger partial charge in [-0.1, -0.05) is 6.07 Å². The summed E-state index contributed by atoms with van der Waals surface area (Å²) in [6.07, 6.45) is 1.30. The number of anilines is 2. The highest BCUT2D eigenvalue weighted by molar-refractivity contribution is 7.81. The zero-order valence-electron chi connectivity index (χ0n) is 20.1. The lowest BCUT2D eigenvalue weighted by Gasteiger charge is -2.29. The molecule has 182 valence electrons. The second kappa shape index (κ2) is 8.93. The van der Waals surface area contributed by atoms with Crippen LogP contribution in [0.15, 0.2) is 36.4 Å². The maximum Gasteiger partial charge on any atom is 0.315 e. The van der Waals surface area contributed by atoms with Gasteiger partial charge in [0.15, 0.2) is 22.4 Å². The number of hydrogen-bond acceptors (Lipinski definition) is 5. The summed E-state index contributed by atoms with van der Waals surface area (Å²) in [7, 11) is 0. The molecule has 2 aliphatic rings. The number of nitrogens with zero attached hydrogens (tertiary/aromatic N) is 3. The molecule has 0 radical (unpaired) electrons. The summed E-state index contributed by atoms with van der Waals surface area (Å²) in [5, 5.41) is 0.210. The van der Waals surface area contributed by atoms with Crippen molar-refractivity contribution in [2.75, 3.05) is 23.0 Å². The number of thiocarbonyl (C=S) groups is 1. The van der Waals surface area contributed by atoms with Gasteiger partial charge < -0.3 is 14.4 Å². The second-order valence-electron chi connectivity index (χ2n) is 9.30. The minimum Gasteiger partial charge on any atom is -0.489 e. The van der Waals surface area contributed by atoms with Crippen LogP contribution >= 0.6 is 12.2 Å². The van der Waals surface area contributed by atoms with Gasteiger partial charge in [-0.3, -0.25) is 14.5 Å². The van der Waals surface area contributed by atoms with Crippen LogP contribution in [-0.4, -0.2) is 35.7 Å². The molecule has 1 saturated heterocycles. The van der Waals surface area contributed by atoms with E-state index in [2.05, 4.69) is 4.85 Å². The minimum absolute atomic E-state index is 0.0146. The van der Waals surface area contributed by atoms with Crippen molar-refractivity contribution in [1.82, 2.24) is 0 Å². The van der Waals surface area contributed by atoms with Crippen LogP contribution in [0.3, 0.4) is 0 Å². The van der Waals surface area contributed by atoms with Gasteiger partial charge >= 0.3 is 5.97 Å². The van der Waals surface area contributed by atoms with E-state index in [-0.39, 0.29) is 36.0 Å². The molecule has 0 aromatic heterocycles. The molecule has 9 heteroatoms. The fourth-order valence-corrected chi connectivity index (χ4v) is 4.69. The number of ether oxygens (including phenoxy) is 2. The first-order chi connectivity index (χ1) is 16.6. The Morgan fingerprint density at radius 3 is 2.46 bits per heavy atom. The Morgan fingerprint density at radius 2 is 1.89 bits per heavy atom. The third kappa shape index (κ3) is 4.23. The van der Waals surface area contributed by atoms with Crippen LogP contribution < -0.4 is 14.5 Å². The molecule has 35 heavy (non-hydrogen) atoms. The number of carbonyl (C=O) groups excluding carboxylic acids is 2. The fraction of sp³-hybridized carbons (Fsp3) is 0.385. The highest BCUT2D eigenvalue weighted by Crippen LogP contribution is 2.47. The molecule has 2 fully saturated rings. The van der Waals surface area contributed by atoms with Crippen LogP contribution in [0.2, 0.25) is 0 Å². The van der Waals surface area contributed by atoms with Crippen molar-refractivity contribution >= 4 is 46.3 Å². The van der Waals surface area contributed by atoms with Gasteiger partial charge in [0.05, 0.1) is 13.2 Å². The molecule has 2 aromatic rings. The van der Waals surface area contributed by atoms with Crippen LogP contribution in [0, 0.1) is 24.7 Å². The number of amides is 1. The number of esters is 1. The molecule has 0 atom stereocenters. The third-order valence-electron chi connectivity index (χ3n) is 6.47. The van der Waals surface area contributed by atoms with Crippen LogP contribution in [0.1, 0.15) is 39.2 Å². The molecule has 0 bridgehead atoms. The van der Waals surface area contributed by atoms with E-state index >= 15 is 4.39 Å². The maximum absolute atomic E-state index is 15.0. The topological polar surface area (TPSA) is 63.4 Å². The van der Waals surface area contributed by atoms with Crippen LogP contribution in [0.25, 0.3) is 4.85 Å². The van der Waals surface area contributed by atoms with E-state index in [0.717, 1.165) is 5.56 Å². The maximum atomic E-state index is 15.0. The summed E-state index contributed by atoms with van der Waals surface area (Å²) in [4.78, 5) is 32.0. The highest BCUT2D eigenvalue weighted by atomic mass is 32.1. The first-order valence-electron chi connectivity index (χ1n) is 11.3. The highest BCUT2D eigenvalue weighted by Gasteiger charge is 2.53. The van der Waals surface area contributed by atoms with Crippen LogP contribution in [-0.2, 0) is 14.3 Å². The Hall–Kier alpha value is -3.51. The summed E-state index contributed by atoms with van der Waals surface area (Å²) < 4.78 is 25.8. The molecule has 1 heterocycles. The van der Waals surface area contributed by atoms with Crippen LogP contribution in [0.5, 0.6) is 5.75 Å². The van der Waals surface area contributed by atoms with Crippen molar-refractivity contribution in [2.24, 2.45) is 5.41 Å². The van der Waals surface area contributed by atoms with E-state index in [9.17, 15) is 9.59 Å². The predicted molar refractivity (Wildman–Crippen MR) is 134 cm³/mol. The fourth-order valence-electron chi connectivity index (χ4n) is 4.16. The summed E-state index contributed by atoms with van der Waals surface area (Å²) >= 11 is 5.66. The molecular weight excluding hydrogens is 469 g/mol. The summed E-state index contributed by atoms with van der Waals surface area (Å²) in [6, 6.07) is 9.47. The van der Waals surface area contributed by atoms with E-state index in [0.29, 0.717) is 29.9 Å². The average Bonchev–Trinajstić information content (AvgIpc) is 3.57. The lowest BCUT2D eigenvalue weighted by atomic mass is 10.0. The average molecular weight is 496 g/mol. The van der Waals surface area contributed by atoms with Gasteiger partial charge in [0.25, 0.3) is 5.91 Å². The van der Waals surface area contributed by atoms with Crippen molar-refractivity contribution in [3.63, 3.8) is 0 Å². The molecule has 1 saturated carbocycles. The first kappa shape index (κ1) is 24.6. The largest absolute Gasteiger partial charge is 0.489 e. The van der Waals surface area contributed by atoms with Gasteiger partial charge in [0.1, 0.15) is 17.6 Å². The minimum atomic E-state index is -1.07. The standard InChI is InChI=1S/C26H26FN3O4S/c1-6-33-23(32)26(11-12-26)15-34-21-10-8-18(14-19(21)27)30-24(35)29(22(31)25(30,3)4)17-7-9-20(28-5)16(2)13-17/h7-10,13-14H,6,11-12,15H2,1-4H3. The van der Waals surface area contributed by atoms with Crippen LogP contribution in [0.4, 0.5) is 21.5 Å². The van der Waals surface area contributed by atoms with Gasteiger partial charge in [-0.2, -0.15) is 0 Å². The lowest BCUT2D eigenvalue weighted by molar-refractivity contribution is -0.150. The summed E-state index contributed by atoms with van der Waals surface area (Å²) in [5.74, 6) is -1.19. The van der Waals surface area contributed by atoms with Gasteiger partial charge in [-0.15, -0.1) is 0 Å². The number of halogens is 1. The molecule has 0 spiro atoms. The quantitative estimate of drug-likeness (QED) is 0.294. The Balaban J connectivity index is 1.57. The van der Waals surface area contributed by atoms with Crippen molar-refractivity contribution in [3.8, 4) is 5.75 Å². The van der Waals surface area contributed by atoms with Gasteiger partial charge in [0.2, 0.25) is 0 Å². The Morgan fingerprint density at radius 1 is 1.20 bits per heavy atom. The molecule has 7 nitrogen and oxygen atoms in total. The third-order valence-corrected chi connectivity index (χ3v) is 6.83. The zero-order chi connectivity index (χ0) is 25.5. The van der Waals surface area contributed by atoms with Crippen molar-refractivity contribution < 1.29 is 23.5 Å². The Bertz CT molecular complexity index is 1270. The number of benzene rings is 2. The van der Waals surface area contributed by atoms with E-state index in [1.807, 2.05) is 0 Å². The monoisotopic (exact) mass is 495 g/mol. The molecule has 0 N–H and O–H groups in total. The number of aryl methyl sites for hydroxylation is 1. The number of hydrogen-bond donors (Lipinski definition) is 0. The van der Waals surface area contributed by atoms with Crippen molar-refractivity contribution in [3.05, 3.63) is 59.2 Å². The molecule has 1 amide bonds. The number of rotatable bonds is 7. The predicted octanol–water partition coefficient (Wildman–Crippen LogP) is 5.32. The lowest BCUT2D eigenvalue weighted by Crippen LogP contribution is -2.44. The van der Waals surface area contributed by atoms with Gasteiger partial charge in [0, 0.05) is 17.4 Å². The first-order valence-corrected chi connectivity index (χ1v) is 11.7. The number of carbonyl (C=O) groups is 2. The SMILES string of the molecule is [C-]#[N+]c1ccc(N2C(=O)C(C)(C)N(c3ccc(OCC4(C(=O)OCC)CC4)c(F)c3)C2=S)cc1C. The van der Waals surface area contributed by atoms with E-state index in [4.69, 9.17) is 28.3 Å². The van der Waals surface area contributed by atoms with E-state index in [1.165, 1.54) is 17.0 Å². The van der Waals surface area contributed by atoms with E-state index < -0.39 is 16.8 Å². The van der Waals surface area contributed by atoms with Crippen molar-refractivity contribution in [1.29, 1.82) is 0 Å². The Labute approximate surface area is 209 Å². The normalized spacial score (nSPS) is 17.8. The van der Waals surface area contributed by atoms with E-state index in [1.54, 1.807) is 56.9 Å². The smallest absolute Gasteiger partial charge is 0.315 e.